The van der Waals surface area contributed by atoms with Gasteiger partial charge in [-0.3, -0.25) is 0 Å². The molecule has 0 radical (unpaired) electrons. The lowest BCUT2D eigenvalue weighted by atomic mass is 9.93. The van der Waals surface area contributed by atoms with Crippen LogP contribution in [0.1, 0.15) is 49.1 Å². The SMILES string of the molecule is CCCCc1[nH]c(=S)n2c1[C@@H]1C[C@]1(c1cc(Cl)ccc1F)C2. The zero-order chi connectivity index (χ0) is 15.5. The number of aromatic nitrogens is 2. The van der Waals surface area contributed by atoms with E-state index in [1.165, 1.54) is 17.5 Å². The van der Waals surface area contributed by atoms with E-state index in [2.05, 4.69) is 16.5 Å². The molecule has 0 spiro atoms. The lowest BCUT2D eigenvalue weighted by Crippen LogP contribution is -2.14. The van der Waals surface area contributed by atoms with Crippen LogP contribution in [0.25, 0.3) is 0 Å². The quantitative estimate of drug-likeness (QED) is 0.768. The Morgan fingerprint density at radius 2 is 2.32 bits per heavy atom. The van der Waals surface area contributed by atoms with Crippen molar-refractivity contribution in [2.45, 2.75) is 50.5 Å². The van der Waals surface area contributed by atoms with Crippen molar-refractivity contribution in [3.05, 3.63) is 50.8 Å². The van der Waals surface area contributed by atoms with Crippen LogP contribution < -0.4 is 0 Å². The van der Waals surface area contributed by atoms with Crippen LogP contribution in [0.2, 0.25) is 5.02 Å². The van der Waals surface area contributed by atoms with Gasteiger partial charge in [-0.2, -0.15) is 0 Å². The van der Waals surface area contributed by atoms with Crippen LogP contribution in [0.5, 0.6) is 0 Å². The summed E-state index contributed by atoms with van der Waals surface area (Å²) in [6.07, 6.45) is 4.32. The fourth-order valence-corrected chi connectivity index (χ4v) is 4.47. The Morgan fingerprint density at radius 1 is 1.50 bits per heavy atom. The van der Waals surface area contributed by atoms with Gasteiger partial charge in [0.2, 0.25) is 0 Å². The summed E-state index contributed by atoms with van der Waals surface area (Å²) < 4.78 is 17.3. The van der Waals surface area contributed by atoms with Crippen molar-refractivity contribution in [3.63, 3.8) is 0 Å². The van der Waals surface area contributed by atoms with Crippen LogP contribution >= 0.6 is 23.8 Å². The van der Waals surface area contributed by atoms with Crippen LogP contribution in [0.15, 0.2) is 18.2 Å². The maximum atomic E-state index is 14.3. The third-order valence-electron chi connectivity index (χ3n) is 5.19. The molecule has 2 atom stereocenters. The molecule has 1 aliphatic heterocycles. The number of aryl methyl sites for hydroxylation is 1. The number of unbranched alkanes of at least 4 members (excludes halogenated alkanes) is 1. The van der Waals surface area contributed by atoms with Crippen molar-refractivity contribution in [3.8, 4) is 0 Å². The van der Waals surface area contributed by atoms with E-state index in [0.29, 0.717) is 10.9 Å². The van der Waals surface area contributed by atoms with Gasteiger partial charge >= 0.3 is 0 Å². The number of nitrogens with zero attached hydrogens (tertiary/aromatic N) is 1. The summed E-state index contributed by atoms with van der Waals surface area (Å²) in [7, 11) is 0. The number of hydrogen-bond donors (Lipinski definition) is 1. The highest BCUT2D eigenvalue weighted by Gasteiger charge is 2.63. The minimum atomic E-state index is -0.150. The first-order valence-electron chi connectivity index (χ1n) is 7.84. The van der Waals surface area contributed by atoms with Gasteiger partial charge in [-0.25, -0.2) is 4.39 Å². The van der Waals surface area contributed by atoms with Crippen molar-refractivity contribution in [1.29, 1.82) is 0 Å². The predicted octanol–water partition coefficient (Wildman–Crippen LogP) is 5.12. The smallest absolute Gasteiger partial charge is 0.177 e. The molecule has 1 aliphatic carbocycles. The highest BCUT2D eigenvalue weighted by Crippen LogP contribution is 2.66. The Kier molecular flexibility index (Phi) is 3.24. The molecule has 1 aromatic heterocycles. The molecule has 2 heterocycles. The summed E-state index contributed by atoms with van der Waals surface area (Å²) in [6, 6.07) is 4.89. The summed E-state index contributed by atoms with van der Waals surface area (Å²) in [5.41, 5.74) is 3.18. The van der Waals surface area contributed by atoms with Crippen molar-refractivity contribution >= 4 is 23.8 Å². The highest BCUT2D eigenvalue weighted by atomic mass is 35.5. The van der Waals surface area contributed by atoms with E-state index in [-0.39, 0.29) is 11.2 Å². The van der Waals surface area contributed by atoms with E-state index in [1.54, 1.807) is 12.1 Å². The summed E-state index contributed by atoms with van der Waals surface area (Å²) in [4.78, 5) is 3.36. The van der Waals surface area contributed by atoms with Crippen LogP contribution in [0.4, 0.5) is 4.39 Å². The molecular weight excluding hydrogens is 319 g/mol. The number of hydrogen-bond acceptors (Lipinski definition) is 1. The first kappa shape index (κ1) is 14.5. The molecule has 0 unspecified atom stereocenters. The zero-order valence-electron chi connectivity index (χ0n) is 12.5. The molecule has 2 nitrogen and oxygen atoms in total. The number of fused-ring (bicyclic) bond motifs is 3. The number of aromatic amines is 1. The molecule has 1 N–H and O–H groups in total. The number of halogens is 2. The first-order chi connectivity index (χ1) is 10.6. The molecule has 1 aromatic carbocycles. The Bertz CT molecular complexity index is 809. The number of H-pyrrole nitrogens is 1. The van der Waals surface area contributed by atoms with Crippen LogP contribution in [0.3, 0.4) is 0 Å². The summed E-state index contributed by atoms with van der Waals surface area (Å²) >= 11 is 11.6. The standard InChI is InChI=1S/C17H18ClFN2S/c1-2-3-4-14-15-12-8-17(12,9-21(15)16(22)20-14)11-7-10(18)5-6-13(11)19/h5-7,12H,2-4,8-9H2,1H3,(H,20,22)/t12-,17+/m0/s1. The van der Waals surface area contributed by atoms with Gasteiger partial charge in [0.1, 0.15) is 5.82 Å². The van der Waals surface area contributed by atoms with Gasteiger partial charge in [-0.15, -0.1) is 0 Å². The lowest BCUT2D eigenvalue weighted by Gasteiger charge is -2.14. The highest BCUT2D eigenvalue weighted by molar-refractivity contribution is 7.71. The Labute approximate surface area is 139 Å². The second-order valence-corrected chi connectivity index (χ2v) is 7.34. The zero-order valence-corrected chi connectivity index (χ0v) is 14.0. The Hall–Kier alpha value is -1.13. The predicted molar refractivity (Wildman–Crippen MR) is 88.7 cm³/mol. The molecule has 2 aliphatic rings. The molecule has 0 bridgehead atoms. The molecule has 0 saturated heterocycles. The summed E-state index contributed by atoms with van der Waals surface area (Å²) in [5.74, 6) is 0.225. The van der Waals surface area contributed by atoms with Gasteiger partial charge < -0.3 is 9.55 Å². The largest absolute Gasteiger partial charge is 0.334 e. The third kappa shape index (κ3) is 1.93. The monoisotopic (exact) mass is 336 g/mol. The van der Waals surface area contributed by atoms with Crippen LogP contribution in [0, 0.1) is 10.6 Å². The van der Waals surface area contributed by atoms with Gasteiger partial charge in [-0.1, -0.05) is 24.9 Å². The van der Waals surface area contributed by atoms with E-state index in [9.17, 15) is 4.39 Å². The van der Waals surface area contributed by atoms with Crippen LogP contribution in [-0.2, 0) is 18.4 Å². The van der Waals surface area contributed by atoms with E-state index >= 15 is 0 Å². The van der Waals surface area contributed by atoms with Crippen LogP contribution in [-0.4, -0.2) is 9.55 Å². The van der Waals surface area contributed by atoms with E-state index in [1.807, 2.05) is 0 Å². The molecule has 116 valence electrons. The average molecular weight is 337 g/mol. The molecule has 0 amide bonds. The van der Waals surface area contributed by atoms with Crippen molar-refractivity contribution in [1.82, 2.24) is 9.55 Å². The molecule has 4 rings (SSSR count). The second-order valence-electron chi connectivity index (χ2n) is 6.52. The van der Waals surface area contributed by atoms with Crippen molar-refractivity contribution in [2.24, 2.45) is 0 Å². The molecule has 1 saturated carbocycles. The molecule has 2 aromatic rings. The van der Waals surface area contributed by atoms with Gasteiger partial charge in [0.05, 0.1) is 0 Å². The normalized spacial score (nSPS) is 25.1. The number of imidazole rings is 1. The minimum absolute atomic E-state index is 0.131. The molecule has 22 heavy (non-hydrogen) atoms. The fourth-order valence-electron chi connectivity index (χ4n) is 4.01. The first-order valence-corrected chi connectivity index (χ1v) is 8.62. The average Bonchev–Trinajstić information content (AvgIpc) is 2.99. The van der Waals surface area contributed by atoms with Gasteiger partial charge in [0.25, 0.3) is 0 Å². The van der Waals surface area contributed by atoms with Gasteiger partial charge in [-0.05, 0) is 55.2 Å². The maximum absolute atomic E-state index is 14.3. The van der Waals surface area contributed by atoms with E-state index < -0.39 is 0 Å². The van der Waals surface area contributed by atoms with Gasteiger partial charge in [0.15, 0.2) is 4.77 Å². The Balaban J connectivity index is 1.75. The van der Waals surface area contributed by atoms with Crippen molar-refractivity contribution < 1.29 is 4.39 Å². The topological polar surface area (TPSA) is 20.7 Å². The maximum Gasteiger partial charge on any atom is 0.177 e. The summed E-state index contributed by atoms with van der Waals surface area (Å²) in [5, 5.41) is 0.601. The minimum Gasteiger partial charge on any atom is -0.334 e. The number of nitrogens with one attached hydrogen (secondary N) is 1. The molecule has 1 fully saturated rings. The van der Waals surface area contributed by atoms with Gasteiger partial charge in [0, 0.05) is 34.3 Å². The fraction of sp³-hybridized carbons (Fsp3) is 0.471. The van der Waals surface area contributed by atoms with E-state index in [0.717, 1.165) is 42.6 Å². The van der Waals surface area contributed by atoms with Crippen molar-refractivity contribution in [2.75, 3.05) is 0 Å². The summed E-state index contributed by atoms with van der Waals surface area (Å²) in [6.45, 7) is 2.96. The lowest BCUT2D eigenvalue weighted by molar-refractivity contribution is 0.530. The third-order valence-corrected chi connectivity index (χ3v) is 5.75. The Morgan fingerprint density at radius 3 is 3.09 bits per heavy atom. The molecule has 5 heteroatoms. The number of benzene rings is 1. The molecular formula is C17H18ClFN2S. The number of rotatable bonds is 4. The van der Waals surface area contributed by atoms with E-state index in [4.69, 9.17) is 23.8 Å². The second kappa shape index (κ2) is 4.93.